The second-order valence-corrected chi connectivity index (χ2v) is 4.80. The molecule has 0 radical (unpaired) electrons. The van der Waals surface area contributed by atoms with Crippen molar-refractivity contribution < 1.29 is 19.1 Å². The van der Waals surface area contributed by atoms with E-state index in [9.17, 15) is 9.59 Å². The Morgan fingerprint density at radius 2 is 2.21 bits per heavy atom. The van der Waals surface area contributed by atoms with Crippen LogP contribution in [0.4, 0.5) is 0 Å². The molecule has 110 valence electrons. The zero-order chi connectivity index (χ0) is 14.3. The average Bonchev–Trinajstić information content (AvgIpc) is 2.77. The standard InChI is InChI=1S/C13H24N2O4/c1-4-19-13(17)11-6-5-7-15(11)8-12(16)14-10(2)9-18-3/h10-11H,4-9H2,1-3H3,(H,14,16). The van der Waals surface area contributed by atoms with E-state index in [-0.39, 0.29) is 30.5 Å². The Balaban J connectivity index is 2.42. The van der Waals surface area contributed by atoms with Crippen LogP contribution in [0.2, 0.25) is 0 Å². The molecule has 19 heavy (non-hydrogen) atoms. The van der Waals surface area contributed by atoms with Gasteiger partial charge >= 0.3 is 5.97 Å². The number of methoxy groups -OCH3 is 1. The summed E-state index contributed by atoms with van der Waals surface area (Å²) >= 11 is 0. The average molecular weight is 272 g/mol. The Morgan fingerprint density at radius 1 is 1.47 bits per heavy atom. The molecule has 1 rings (SSSR count). The van der Waals surface area contributed by atoms with Gasteiger partial charge in [0.05, 0.1) is 19.8 Å². The molecule has 2 atom stereocenters. The van der Waals surface area contributed by atoms with E-state index >= 15 is 0 Å². The molecule has 0 aliphatic carbocycles. The van der Waals surface area contributed by atoms with E-state index in [1.807, 2.05) is 11.8 Å². The molecule has 0 bridgehead atoms. The molecule has 1 fully saturated rings. The van der Waals surface area contributed by atoms with Crippen LogP contribution in [0.3, 0.4) is 0 Å². The maximum Gasteiger partial charge on any atom is 0.323 e. The van der Waals surface area contributed by atoms with Gasteiger partial charge in [0.2, 0.25) is 5.91 Å². The predicted octanol–water partition coefficient (Wildman–Crippen LogP) is 0.165. The zero-order valence-electron chi connectivity index (χ0n) is 12.0. The fourth-order valence-electron chi connectivity index (χ4n) is 2.32. The molecule has 6 nitrogen and oxygen atoms in total. The first-order valence-electron chi connectivity index (χ1n) is 6.77. The first kappa shape index (κ1) is 15.9. The van der Waals surface area contributed by atoms with Gasteiger partial charge in [-0.3, -0.25) is 14.5 Å². The Bertz CT molecular complexity index is 309. The van der Waals surface area contributed by atoms with E-state index in [0.717, 1.165) is 19.4 Å². The third kappa shape index (κ3) is 5.16. The molecule has 6 heteroatoms. The van der Waals surface area contributed by atoms with E-state index in [1.165, 1.54) is 0 Å². The Labute approximate surface area is 114 Å². The second-order valence-electron chi connectivity index (χ2n) is 4.80. The number of hydrogen-bond donors (Lipinski definition) is 1. The number of carbonyl (C=O) groups excluding carboxylic acids is 2. The van der Waals surface area contributed by atoms with E-state index in [0.29, 0.717) is 13.2 Å². The van der Waals surface area contributed by atoms with Crippen molar-refractivity contribution in [3.05, 3.63) is 0 Å². The van der Waals surface area contributed by atoms with Crippen LogP contribution < -0.4 is 5.32 Å². The third-order valence-corrected chi connectivity index (χ3v) is 3.09. The van der Waals surface area contributed by atoms with Gasteiger partial charge in [0.15, 0.2) is 0 Å². The first-order chi connectivity index (χ1) is 9.08. The molecular formula is C13H24N2O4. The number of nitrogens with one attached hydrogen (secondary N) is 1. The van der Waals surface area contributed by atoms with Crippen molar-refractivity contribution in [2.75, 3.05) is 33.4 Å². The maximum absolute atomic E-state index is 11.8. The number of esters is 1. The molecule has 1 amide bonds. The summed E-state index contributed by atoms with van der Waals surface area (Å²) < 4.78 is 9.99. The smallest absolute Gasteiger partial charge is 0.323 e. The lowest BCUT2D eigenvalue weighted by molar-refractivity contribution is -0.148. The van der Waals surface area contributed by atoms with Crippen LogP contribution in [-0.4, -0.2) is 62.3 Å². The summed E-state index contributed by atoms with van der Waals surface area (Å²) in [5.74, 6) is -0.307. The molecule has 0 aromatic carbocycles. The fourth-order valence-corrected chi connectivity index (χ4v) is 2.32. The topological polar surface area (TPSA) is 67.9 Å². The predicted molar refractivity (Wildman–Crippen MR) is 70.7 cm³/mol. The van der Waals surface area contributed by atoms with E-state index in [4.69, 9.17) is 9.47 Å². The molecule has 0 aromatic heterocycles. The van der Waals surface area contributed by atoms with Gasteiger partial charge in [0.25, 0.3) is 0 Å². The van der Waals surface area contributed by atoms with Gasteiger partial charge in [-0.25, -0.2) is 0 Å². The van der Waals surface area contributed by atoms with Gasteiger partial charge < -0.3 is 14.8 Å². The van der Waals surface area contributed by atoms with Crippen LogP contribution in [0.25, 0.3) is 0 Å². The minimum atomic E-state index is -0.275. The number of rotatable bonds is 7. The number of carbonyl (C=O) groups is 2. The highest BCUT2D eigenvalue weighted by atomic mass is 16.5. The second kappa shape index (κ2) is 8.12. The minimum absolute atomic E-state index is 0.0267. The summed E-state index contributed by atoms with van der Waals surface area (Å²) in [5.41, 5.74) is 0. The van der Waals surface area contributed by atoms with Crippen LogP contribution in [0, 0.1) is 0 Å². The summed E-state index contributed by atoms with van der Waals surface area (Å²) in [6, 6.07) is -0.301. The molecular weight excluding hydrogens is 248 g/mol. The SMILES string of the molecule is CCOC(=O)C1CCCN1CC(=O)NC(C)COC. The Morgan fingerprint density at radius 3 is 2.84 bits per heavy atom. The largest absolute Gasteiger partial charge is 0.465 e. The van der Waals surface area contributed by atoms with Crippen molar-refractivity contribution in [2.24, 2.45) is 0 Å². The first-order valence-corrected chi connectivity index (χ1v) is 6.77. The van der Waals surface area contributed by atoms with E-state index in [1.54, 1.807) is 14.0 Å². The molecule has 1 heterocycles. The van der Waals surface area contributed by atoms with Crippen molar-refractivity contribution in [1.29, 1.82) is 0 Å². The number of ether oxygens (including phenoxy) is 2. The number of hydrogen-bond acceptors (Lipinski definition) is 5. The van der Waals surface area contributed by atoms with Crippen molar-refractivity contribution >= 4 is 11.9 Å². The number of nitrogens with zero attached hydrogens (tertiary/aromatic N) is 1. The summed E-state index contributed by atoms with van der Waals surface area (Å²) in [6.45, 7) is 5.52. The molecule has 2 unspecified atom stereocenters. The zero-order valence-corrected chi connectivity index (χ0v) is 12.0. The molecule has 0 saturated carbocycles. The lowest BCUT2D eigenvalue weighted by Crippen LogP contribution is -2.46. The monoisotopic (exact) mass is 272 g/mol. The van der Waals surface area contributed by atoms with Crippen LogP contribution in [0.1, 0.15) is 26.7 Å². The molecule has 1 N–H and O–H groups in total. The highest BCUT2D eigenvalue weighted by Gasteiger charge is 2.32. The van der Waals surface area contributed by atoms with Crippen molar-refractivity contribution in [3.63, 3.8) is 0 Å². The summed E-state index contributed by atoms with van der Waals surface area (Å²) in [4.78, 5) is 25.5. The van der Waals surface area contributed by atoms with Crippen LogP contribution in [0.15, 0.2) is 0 Å². The molecule has 1 aliphatic heterocycles. The van der Waals surface area contributed by atoms with Crippen LogP contribution in [0.5, 0.6) is 0 Å². The lowest BCUT2D eigenvalue weighted by Gasteiger charge is -2.23. The summed E-state index contributed by atoms with van der Waals surface area (Å²) in [7, 11) is 1.60. The Kier molecular flexibility index (Phi) is 6.80. The number of amides is 1. The van der Waals surface area contributed by atoms with E-state index in [2.05, 4.69) is 5.32 Å². The normalized spacial score (nSPS) is 21.1. The summed E-state index contributed by atoms with van der Waals surface area (Å²) in [6.07, 6.45) is 1.68. The highest BCUT2D eigenvalue weighted by Crippen LogP contribution is 2.17. The lowest BCUT2D eigenvalue weighted by atomic mass is 10.2. The van der Waals surface area contributed by atoms with Gasteiger partial charge in [-0.1, -0.05) is 0 Å². The van der Waals surface area contributed by atoms with Crippen molar-refractivity contribution in [1.82, 2.24) is 10.2 Å². The quantitative estimate of drug-likeness (QED) is 0.669. The van der Waals surface area contributed by atoms with Gasteiger partial charge in [0, 0.05) is 13.2 Å². The van der Waals surface area contributed by atoms with Gasteiger partial charge in [-0.15, -0.1) is 0 Å². The highest BCUT2D eigenvalue weighted by molar-refractivity contribution is 5.81. The van der Waals surface area contributed by atoms with Gasteiger partial charge in [-0.05, 0) is 33.2 Å². The van der Waals surface area contributed by atoms with E-state index < -0.39 is 0 Å². The molecule has 0 aromatic rings. The molecule has 1 aliphatic rings. The third-order valence-electron chi connectivity index (χ3n) is 3.09. The van der Waals surface area contributed by atoms with Crippen LogP contribution >= 0.6 is 0 Å². The molecule has 1 saturated heterocycles. The minimum Gasteiger partial charge on any atom is -0.465 e. The summed E-state index contributed by atoms with van der Waals surface area (Å²) in [5, 5.41) is 2.84. The maximum atomic E-state index is 11.8. The van der Waals surface area contributed by atoms with Crippen LogP contribution in [-0.2, 0) is 19.1 Å². The Hall–Kier alpha value is -1.14. The van der Waals surface area contributed by atoms with Crippen molar-refractivity contribution in [2.45, 2.75) is 38.8 Å². The number of likely N-dealkylation sites (tertiary alicyclic amines) is 1. The van der Waals surface area contributed by atoms with Crippen molar-refractivity contribution in [3.8, 4) is 0 Å². The molecule has 0 spiro atoms. The van der Waals surface area contributed by atoms with Gasteiger partial charge in [0.1, 0.15) is 6.04 Å². The van der Waals surface area contributed by atoms with Gasteiger partial charge in [-0.2, -0.15) is 0 Å². The fraction of sp³-hybridized carbons (Fsp3) is 0.846.